The first kappa shape index (κ1) is 11.9. The summed E-state index contributed by atoms with van der Waals surface area (Å²) < 4.78 is 22.8. The fourth-order valence-electron chi connectivity index (χ4n) is 1.86. The van der Waals surface area contributed by atoms with Gasteiger partial charge in [0, 0.05) is 0 Å². The SMILES string of the molecule is COC(=O)[C@H]1CC[C@@](F)(C(=O)OC)CC1. The fourth-order valence-corrected chi connectivity index (χ4v) is 1.86. The van der Waals surface area contributed by atoms with Crippen molar-refractivity contribution in [3.8, 4) is 0 Å². The van der Waals surface area contributed by atoms with E-state index in [4.69, 9.17) is 0 Å². The molecule has 0 aromatic rings. The van der Waals surface area contributed by atoms with Gasteiger partial charge in [-0.1, -0.05) is 0 Å². The molecular weight excluding hydrogens is 203 g/mol. The van der Waals surface area contributed by atoms with Crippen molar-refractivity contribution in [2.75, 3.05) is 14.2 Å². The van der Waals surface area contributed by atoms with E-state index in [1.54, 1.807) is 0 Å². The lowest BCUT2D eigenvalue weighted by atomic mass is 9.80. The van der Waals surface area contributed by atoms with Gasteiger partial charge in [0.15, 0.2) is 0 Å². The largest absolute Gasteiger partial charge is 0.469 e. The lowest BCUT2D eigenvalue weighted by Gasteiger charge is -2.30. The van der Waals surface area contributed by atoms with E-state index in [2.05, 4.69) is 9.47 Å². The van der Waals surface area contributed by atoms with E-state index in [-0.39, 0.29) is 24.7 Å². The second kappa shape index (κ2) is 4.59. The van der Waals surface area contributed by atoms with E-state index < -0.39 is 11.6 Å². The Bertz CT molecular complexity index is 256. The Labute approximate surface area is 87.7 Å². The number of hydrogen-bond acceptors (Lipinski definition) is 4. The molecule has 0 heterocycles. The third kappa shape index (κ3) is 2.46. The molecule has 1 aliphatic carbocycles. The predicted molar refractivity (Wildman–Crippen MR) is 49.8 cm³/mol. The summed E-state index contributed by atoms with van der Waals surface area (Å²) in [6.07, 6.45) is 0.718. The van der Waals surface area contributed by atoms with Crippen LogP contribution < -0.4 is 0 Å². The summed E-state index contributed by atoms with van der Waals surface area (Å²) >= 11 is 0. The molecule has 4 nitrogen and oxygen atoms in total. The number of ether oxygens (including phenoxy) is 2. The average molecular weight is 218 g/mol. The number of hydrogen-bond donors (Lipinski definition) is 0. The van der Waals surface area contributed by atoms with Gasteiger partial charge in [-0.2, -0.15) is 0 Å². The molecule has 0 bridgehead atoms. The molecule has 0 amide bonds. The Hall–Kier alpha value is -1.13. The zero-order chi connectivity index (χ0) is 11.5. The molecule has 0 radical (unpaired) electrons. The highest BCUT2D eigenvalue weighted by atomic mass is 19.1. The summed E-state index contributed by atoms with van der Waals surface area (Å²) in [5.41, 5.74) is -1.92. The molecule has 0 atom stereocenters. The van der Waals surface area contributed by atoms with E-state index in [1.165, 1.54) is 7.11 Å². The van der Waals surface area contributed by atoms with Crippen LogP contribution in [-0.2, 0) is 19.1 Å². The molecule has 1 rings (SSSR count). The highest BCUT2D eigenvalue weighted by Gasteiger charge is 2.44. The van der Waals surface area contributed by atoms with Crippen LogP contribution in [-0.4, -0.2) is 31.8 Å². The first-order valence-corrected chi connectivity index (χ1v) is 4.88. The predicted octanol–water partition coefficient (Wildman–Crippen LogP) is 1.23. The highest BCUT2D eigenvalue weighted by molar-refractivity contribution is 5.80. The molecule has 0 saturated heterocycles. The lowest BCUT2D eigenvalue weighted by molar-refractivity contribution is -0.161. The minimum absolute atomic E-state index is 0.0272. The van der Waals surface area contributed by atoms with Crippen LogP contribution in [0.4, 0.5) is 4.39 Å². The second-order valence-corrected chi connectivity index (χ2v) is 3.75. The van der Waals surface area contributed by atoms with Gasteiger partial charge >= 0.3 is 11.9 Å². The Morgan fingerprint density at radius 1 is 1.20 bits per heavy atom. The van der Waals surface area contributed by atoms with Gasteiger partial charge in [0.05, 0.1) is 20.1 Å². The fraction of sp³-hybridized carbons (Fsp3) is 0.800. The first-order valence-electron chi connectivity index (χ1n) is 4.88. The number of esters is 2. The molecule has 0 unspecified atom stereocenters. The van der Waals surface area contributed by atoms with E-state index in [0.717, 1.165) is 7.11 Å². The van der Waals surface area contributed by atoms with Crippen LogP contribution in [0, 0.1) is 5.92 Å². The van der Waals surface area contributed by atoms with Crippen molar-refractivity contribution < 1.29 is 23.5 Å². The normalized spacial score (nSPS) is 30.7. The summed E-state index contributed by atoms with van der Waals surface area (Å²) in [6, 6.07) is 0. The van der Waals surface area contributed by atoms with Crippen molar-refractivity contribution in [3.05, 3.63) is 0 Å². The Morgan fingerprint density at radius 2 is 1.73 bits per heavy atom. The summed E-state index contributed by atoms with van der Waals surface area (Å²) in [4.78, 5) is 22.3. The number of carbonyl (C=O) groups is 2. The van der Waals surface area contributed by atoms with Crippen LogP contribution in [0.15, 0.2) is 0 Å². The second-order valence-electron chi connectivity index (χ2n) is 3.75. The van der Waals surface area contributed by atoms with Crippen LogP contribution in [0.1, 0.15) is 25.7 Å². The molecule has 1 aliphatic rings. The smallest absolute Gasteiger partial charge is 0.343 e. The molecule has 0 spiro atoms. The van der Waals surface area contributed by atoms with Crippen LogP contribution in [0.3, 0.4) is 0 Å². The first-order chi connectivity index (χ1) is 7.03. The topological polar surface area (TPSA) is 52.6 Å². The van der Waals surface area contributed by atoms with E-state index in [9.17, 15) is 14.0 Å². The highest BCUT2D eigenvalue weighted by Crippen LogP contribution is 2.36. The zero-order valence-corrected chi connectivity index (χ0v) is 8.92. The quantitative estimate of drug-likeness (QED) is 0.654. The van der Waals surface area contributed by atoms with E-state index >= 15 is 0 Å². The minimum atomic E-state index is -1.92. The third-order valence-corrected chi connectivity index (χ3v) is 2.86. The summed E-state index contributed by atoms with van der Waals surface area (Å²) in [5, 5.41) is 0. The number of halogens is 1. The third-order valence-electron chi connectivity index (χ3n) is 2.86. The van der Waals surface area contributed by atoms with Crippen LogP contribution in [0.25, 0.3) is 0 Å². The molecule has 0 aromatic heterocycles. The maximum Gasteiger partial charge on any atom is 0.343 e. The standard InChI is InChI=1S/C10H15FO4/c1-14-8(12)7-3-5-10(11,6-4-7)9(13)15-2/h7H,3-6H2,1-2H3/t7-,10-. The monoisotopic (exact) mass is 218 g/mol. The number of carbonyl (C=O) groups excluding carboxylic acids is 2. The Kier molecular flexibility index (Phi) is 3.66. The molecule has 86 valence electrons. The van der Waals surface area contributed by atoms with Crippen molar-refractivity contribution in [3.63, 3.8) is 0 Å². The molecule has 1 saturated carbocycles. The average Bonchev–Trinajstić information content (AvgIpc) is 2.28. The summed E-state index contributed by atoms with van der Waals surface area (Å²) in [5.74, 6) is -1.46. The van der Waals surface area contributed by atoms with Gasteiger partial charge in [0.2, 0.25) is 5.67 Å². The minimum Gasteiger partial charge on any atom is -0.469 e. The summed E-state index contributed by atoms with van der Waals surface area (Å²) in [6.45, 7) is 0. The molecule has 0 aliphatic heterocycles. The van der Waals surface area contributed by atoms with Crippen LogP contribution in [0.2, 0.25) is 0 Å². The van der Waals surface area contributed by atoms with Gasteiger partial charge in [0.25, 0.3) is 0 Å². The molecule has 1 fully saturated rings. The van der Waals surface area contributed by atoms with E-state index in [0.29, 0.717) is 12.8 Å². The number of methoxy groups -OCH3 is 2. The van der Waals surface area contributed by atoms with Crippen molar-refractivity contribution in [2.24, 2.45) is 5.92 Å². The van der Waals surface area contributed by atoms with Crippen LogP contribution >= 0.6 is 0 Å². The van der Waals surface area contributed by atoms with Crippen molar-refractivity contribution in [1.82, 2.24) is 0 Å². The maximum absolute atomic E-state index is 13.9. The van der Waals surface area contributed by atoms with Gasteiger partial charge in [0.1, 0.15) is 0 Å². The maximum atomic E-state index is 13.9. The van der Waals surface area contributed by atoms with Crippen LogP contribution in [0.5, 0.6) is 0 Å². The van der Waals surface area contributed by atoms with Crippen molar-refractivity contribution in [2.45, 2.75) is 31.4 Å². The molecule has 5 heteroatoms. The van der Waals surface area contributed by atoms with Gasteiger partial charge < -0.3 is 9.47 Å². The van der Waals surface area contributed by atoms with Gasteiger partial charge in [-0.15, -0.1) is 0 Å². The number of rotatable bonds is 2. The number of alkyl halides is 1. The Morgan fingerprint density at radius 3 is 2.13 bits per heavy atom. The van der Waals surface area contributed by atoms with Gasteiger partial charge in [-0.25, -0.2) is 9.18 Å². The zero-order valence-electron chi connectivity index (χ0n) is 8.92. The molecule has 0 N–H and O–H groups in total. The summed E-state index contributed by atoms with van der Waals surface area (Å²) in [7, 11) is 2.47. The molecule has 0 aromatic carbocycles. The van der Waals surface area contributed by atoms with Gasteiger partial charge in [-0.3, -0.25) is 4.79 Å². The lowest BCUT2D eigenvalue weighted by Crippen LogP contribution is -2.40. The Balaban J connectivity index is 2.55. The molecular formula is C10H15FO4. The molecule has 15 heavy (non-hydrogen) atoms. The van der Waals surface area contributed by atoms with Crippen molar-refractivity contribution in [1.29, 1.82) is 0 Å². The van der Waals surface area contributed by atoms with E-state index in [1.807, 2.05) is 0 Å². The van der Waals surface area contributed by atoms with Crippen molar-refractivity contribution >= 4 is 11.9 Å². The van der Waals surface area contributed by atoms with Gasteiger partial charge in [-0.05, 0) is 25.7 Å².